The number of amides is 1. The third kappa shape index (κ3) is 3.32. The molecule has 0 aliphatic carbocycles. The van der Waals surface area contributed by atoms with Crippen molar-refractivity contribution in [1.29, 1.82) is 0 Å². The Morgan fingerprint density at radius 1 is 1.11 bits per heavy atom. The average Bonchev–Trinajstić information content (AvgIpc) is 2.98. The minimum Gasteiger partial charge on any atom is -0.326 e. The van der Waals surface area contributed by atoms with E-state index < -0.39 is 21.5 Å². The highest BCUT2D eigenvalue weighted by Crippen LogP contribution is 2.32. The second-order valence-electron chi connectivity index (χ2n) is 6.79. The smallest absolute Gasteiger partial charge is 0.272 e. The molecule has 6 nitrogen and oxygen atoms in total. The lowest BCUT2D eigenvalue weighted by Crippen LogP contribution is -2.52. The number of aliphatic imine (C=N–C) groups is 1. The van der Waals surface area contributed by atoms with Crippen molar-refractivity contribution < 1.29 is 17.6 Å². The first-order valence-electron chi connectivity index (χ1n) is 8.74. The molecule has 9 heteroatoms. The van der Waals surface area contributed by atoms with Crippen molar-refractivity contribution in [1.82, 2.24) is 9.62 Å². The van der Waals surface area contributed by atoms with Crippen molar-refractivity contribution in [2.45, 2.75) is 23.4 Å². The number of rotatable bonds is 3. The zero-order valence-electron chi connectivity index (χ0n) is 14.7. The minimum atomic E-state index is -3.94. The van der Waals surface area contributed by atoms with Gasteiger partial charge in [0.25, 0.3) is 5.91 Å². The second kappa shape index (κ2) is 6.95. The first-order valence-corrected chi connectivity index (χ1v) is 10.6. The van der Waals surface area contributed by atoms with Gasteiger partial charge in [0.15, 0.2) is 0 Å². The predicted molar refractivity (Wildman–Crippen MR) is 103 cm³/mol. The quantitative estimate of drug-likeness (QED) is 0.827. The Bertz CT molecular complexity index is 1080. The molecule has 146 valence electrons. The molecule has 28 heavy (non-hydrogen) atoms. The maximum atomic E-state index is 14.0. The van der Waals surface area contributed by atoms with E-state index in [1.165, 1.54) is 22.5 Å². The molecule has 0 radical (unpaired) electrons. The van der Waals surface area contributed by atoms with Crippen molar-refractivity contribution >= 4 is 33.2 Å². The van der Waals surface area contributed by atoms with Crippen LogP contribution in [0.2, 0.25) is 5.02 Å². The zero-order chi connectivity index (χ0) is 19.9. The molecule has 2 aliphatic rings. The molecule has 0 aromatic heterocycles. The molecule has 4 rings (SSSR count). The van der Waals surface area contributed by atoms with Crippen LogP contribution in [0.1, 0.15) is 18.4 Å². The summed E-state index contributed by atoms with van der Waals surface area (Å²) < 4.78 is 40.7. The monoisotopic (exact) mass is 421 g/mol. The van der Waals surface area contributed by atoms with Crippen LogP contribution < -0.4 is 5.32 Å². The summed E-state index contributed by atoms with van der Waals surface area (Å²) in [4.78, 5) is 16.7. The summed E-state index contributed by atoms with van der Waals surface area (Å²) in [6, 6.07) is 12.2. The van der Waals surface area contributed by atoms with Crippen LogP contribution in [0.4, 0.5) is 4.39 Å². The molecule has 2 heterocycles. The van der Waals surface area contributed by atoms with E-state index in [0.29, 0.717) is 23.4 Å². The molecule has 0 unspecified atom stereocenters. The Balaban J connectivity index is 1.56. The largest absolute Gasteiger partial charge is 0.326 e. The van der Waals surface area contributed by atoms with E-state index in [9.17, 15) is 17.6 Å². The van der Waals surface area contributed by atoms with Gasteiger partial charge in [-0.15, -0.1) is 0 Å². The van der Waals surface area contributed by atoms with Gasteiger partial charge in [0.2, 0.25) is 10.0 Å². The topological polar surface area (TPSA) is 78.8 Å². The van der Waals surface area contributed by atoms with Crippen molar-refractivity contribution in [3.05, 3.63) is 64.9 Å². The van der Waals surface area contributed by atoms with Crippen LogP contribution >= 0.6 is 11.6 Å². The average molecular weight is 422 g/mol. The molecule has 1 saturated heterocycles. The summed E-state index contributed by atoms with van der Waals surface area (Å²) in [5, 5.41) is 3.38. The van der Waals surface area contributed by atoms with Crippen LogP contribution in [0.3, 0.4) is 0 Å². The number of carbonyl (C=O) groups excluding carboxylic acids is 1. The molecule has 2 aliphatic heterocycles. The second-order valence-corrected chi connectivity index (χ2v) is 9.13. The maximum absolute atomic E-state index is 14.0. The van der Waals surface area contributed by atoms with E-state index in [1.54, 1.807) is 24.3 Å². The first kappa shape index (κ1) is 19.0. The van der Waals surface area contributed by atoms with Gasteiger partial charge in [-0.05, 0) is 24.3 Å². The Hall–Kier alpha value is -2.29. The fraction of sp³-hybridized carbons (Fsp3) is 0.263. The molecule has 1 spiro atoms. The molecule has 1 N–H and O–H groups in total. The van der Waals surface area contributed by atoms with Crippen LogP contribution in [0, 0.1) is 5.82 Å². The molecule has 0 atom stereocenters. The number of hydrogen-bond acceptors (Lipinski definition) is 4. The molecule has 2 aromatic carbocycles. The van der Waals surface area contributed by atoms with Crippen LogP contribution in [-0.4, -0.2) is 43.1 Å². The van der Waals surface area contributed by atoms with E-state index in [1.807, 2.05) is 0 Å². The van der Waals surface area contributed by atoms with Gasteiger partial charge in [-0.2, -0.15) is 4.31 Å². The number of benzene rings is 2. The van der Waals surface area contributed by atoms with Gasteiger partial charge >= 0.3 is 0 Å². The summed E-state index contributed by atoms with van der Waals surface area (Å²) in [5.41, 5.74) is 0.0480. The van der Waals surface area contributed by atoms with Gasteiger partial charge in [0.05, 0.1) is 0 Å². The van der Waals surface area contributed by atoms with E-state index in [2.05, 4.69) is 10.3 Å². The van der Waals surface area contributed by atoms with Crippen molar-refractivity contribution in [2.75, 3.05) is 13.1 Å². The van der Waals surface area contributed by atoms with Crippen molar-refractivity contribution in [3.8, 4) is 0 Å². The third-order valence-corrected chi connectivity index (χ3v) is 7.16. The van der Waals surface area contributed by atoms with Gasteiger partial charge in [0, 0.05) is 36.5 Å². The van der Waals surface area contributed by atoms with E-state index >= 15 is 0 Å². The Kier molecular flexibility index (Phi) is 4.73. The number of halogens is 2. The lowest BCUT2D eigenvalue weighted by atomic mass is 10.00. The number of nitrogens with zero attached hydrogens (tertiary/aromatic N) is 2. The highest BCUT2D eigenvalue weighted by molar-refractivity contribution is 7.89. The number of nitrogens with one attached hydrogen (secondary N) is 1. The van der Waals surface area contributed by atoms with Crippen LogP contribution in [0.15, 0.2) is 58.4 Å². The fourth-order valence-corrected chi connectivity index (χ4v) is 5.22. The Labute approximate surface area is 167 Å². The number of sulfonamides is 1. The summed E-state index contributed by atoms with van der Waals surface area (Å²) >= 11 is 6.00. The number of piperidine rings is 1. The van der Waals surface area contributed by atoms with Crippen molar-refractivity contribution in [3.63, 3.8) is 0 Å². The van der Waals surface area contributed by atoms with E-state index in [4.69, 9.17) is 11.6 Å². The Morgan fingerprint density at radius 2 is 1.82 bits per heavy atom. The summed E-state index contributed by atoms with van der Waals surface area (Å²) in [6.07, 6.45) is 0.604. The third-order valence-electron chi connectivity index (χ3n) is 4.99. The van der Waals surface area contributed by atoms with E-state index in [0.717, 1.165) is 6.07 Å². The fourth-order valence-electron chi connectivity index (χ4n) is 3.52. The van der Waals surface area contributed by atoms with Crippen LogP contribution in [-0.2, 0) is 14.8 Å². The van der Waals surface area contributed by atoms with E-state index in [-0.39, 0.29) is 29.6 Å². The normalized spacial score (nSPS) is 19.5. The lowest BCUT2D eigenvalue weighted by molar-refractivity contribution is -0.115. The minimum absolute atomic E-state index is 0.128. The highest BCUT2D eigenvalue weighted by atomic mass is 35.5. The van der Waals surface area contributed by atoms with Crippen molar-refractivity contribution in [2.24, 2.45) is 4.99 Å². The molecule has 1 amide bonds. The lowest BCUT2D eigenvalue weighted by Gasteiger charge is -2.36. The SMILES string of the molecule is O=C1NC2(CCN(S(=O)(=O)c3ccccc3F)CC2)N=C1c1cccc(Cl)c1. The van der Waals surface area contributed by atoms with Gasteiger partial charge in [-0.25, -0.2) is 12.8 Å². The maximum Gasteiger partial charge on any atom is 0.272 e. The summed E-state index contributed by atoms with van der Waals surface area (Å²) in [6.45, 7) is 0.256. The number of carbonyl (C=O) groups is 1. The molecule has 2 aromatic rings. The van der Waals surface area contributed by atoms with Crippen LogP contribution in [0.5, 0.6) is 0 Å². The molecule has 1 fully saturated rings. The zero-order valence-corrected chi connectivity index (χ0v) is 16.3. The van der Waals surface area contributed by atoms with Gasteiger partial charge < -0.3 is 5.32 Å². The molecular weight excluding hydrogens is 405 g/mol. The summed E-state index contributed by atoms with van der Waals surface area (Å²) in [5.74, 6) is -1.09. The summed E-state index contributed by atoms with van der Waals surface area (Å²) in [7, 11) is -3.94. The van der Waals surface area contributed by atoms with Gasteiger partial charge in [-0.1, -0.05) is 35.9 Å². The standard InChI is InChI=1S/C19H17ClFN3O3S/c20-14-5-3-4-13(12-14)17-18(25)23-19(22-17)8-10-24(11-9-19)28(26,27)16-7-2-1-6-15(16)21/h1-7,12H,8-11H2,(H,23,25). The predicted octanol–water partition coefficient (Wildman–Crippen LogP) is 2.58. The molecule has 0 bridgehead atoms. The van der Waals surface area contributed by atoms with Gasteiger partial charge in [0.1, 0.15) is 22.1 Å². The molecule has 0 saturated carbocycles. The highest BCUT2D eigenvalue weighted by Gasteiger charge is 2.44. The first-order chi connectivity index (χ1) is 13.3. The number of hydrogen-bond donors (Lipinski definition) is 1. The Morgan fingerprint density at radius 3 is 2.50 bits per heavy atom. The van der Waals surface area contributed by atoms with Gasteiger partial charge in [-0.3, -0.25) is 9.79 Å². The molecular formula is C19H17ClFN3O3S. The van der Waals surface area contributed by atoms with Crippen LogP contribution in [0.25, 0.3) is 0 Å².